The molecule has 4 heteroatoms. The van der Waals surface area contributed by atoms with E-state index in [0.717, 1.165) is 16.0 Å². The van der Waals surface area contributed by atoms with Gasteiger partial charge >= 0.3 is 0 Å². The molecule has 1 fully saturated rings. The van der Waals surface area contributed by atoms with Gasteiger partial charge in [0.15, 0.2) is 5.78 Å². The van der Waals surface area contributed by atoms with Crippen molar-refractivity contribution in [1.29, 1.82) is 0 Å². The number of fused-ring (bicyclic) bond motifs is 1. The van der Waals surface area contributed by atoms with Gasteiger partial charge in [0.2, 0.25) is 0 Å². The summed E-state index contributed by atoms with van der Waals surface area (Å²) < 4.78 is 1.14. The van der Waals surface area contributed by atoms with Crippen LogP contribution in [0.4, 0.5) is 0 Å². The van der Waals surface area contributed by atoms with Crippen molar-refractivity contribution < 1.29 is 4.79 Å². The summed E-state index contributed by atoms with van der Waals surface area (Å²) in [5.74, 6) is 1.25. The molecule has 0 amide bonds. The van der Waals surface area contributed by atoms with Gasteiger partial charge in [-0.25, -0.2) is 0 Å². The van der Waals surface area contributed by atoms with E-state index >= 15 is 0 Å². The number of ketones is 1. The van der Waals surface area contributed by atoms with Crippen molar-refractivity contribution >= 4 is 50.7 Å². The lowest BCUT2D eigenvalue weighted by Gasteiger charge is -2.30. The fourth-order valence-corrected chi connectivity index (χ4v) is 6.07. The number of carbonyl (C=O) groups is 1. The molecule has 1 nitrogen and oxygen atoms in total. The molecule has 2 heterocycles. The topological polar surface area (TPSA) is 17.1 Å². The molecule has 0 spiro atoms. The minimum atomic E-state index is 0.115. The second-order valence-electron chi connectivity index (χ2n) is 4.88. The number of carbonyl (C=O) groups excluding carboxylic acids is 1. The molecule has 0 saturated carbocycles. The monoisotopic (exact) mass is 308 g/mol. The summed E-state index contributed by atoms with van der Waals surface area (Å²) in [6.07, 6.45) is 0. The number of hydrogen-bond acceptors (Lipinski definition) is 4. The Hall–Kier alpha value is -0.450. The molecule has 0 N–H and O–H groups in total. The zero-order chi connectivity index (χ0) is 13.4. The van der Waals surface area contributed by atoms with Crippen molar-refractivity contribution in [3.05, 3.63) is 35.2 Å². The Balaban J connectivity index is 1.90. The standard InChI is InChI=1S/C15H16OS3/c1-9-10(2)19-13(8-18-9)14(16)12-5-3-4-11-6-7-17-15(11)12/h3-7,9-10,13H,8H2,1-2H3. The molecule has 0 bridgehead atoms. The van der Waals surface area contributed by atoms with Crippen LogP contribution in [-0.2, 0) is 0 Å². The molecule has 2 aromatic rings. The van der Waals surface area contributed by atoms with Gasteiger partial charge in [-0.3, -0.25) is 4.79 Å². The first-order valence-corrected chi connectivity index (χ1v) is 9.31. The third-order valence-electron chi connectivity index (χ3n) is 3.59. The number of thiophene rings is 1. The van der Waals surface area contributed by atoms with Gasteiger partial charge in [-0.1, -0.05) is 26.0 Å². The van der Waals surface area contributed by atoms with Crippen LogP contribution >= 0.6 is 34.9 Å². The summed E-state index contributed by atoms with van der Waals surface area (Å²) in [6, 6.07) is 8.14. The van der Waals surface area contributed by atoms with E-state index in [9.17, 15) is 4.79 Å². The summed E-state index contributed by atoms with van der Waals surface area (Å²) in [5, 5.41) is 4.56. The highest BCUT2D eigenvalue weighted by Crippen LogP contribution is 2.38. The minimum Gasteiger partial charge on any atom is -0.293 e. The predicted octanol–water partition coefficient (Wildman–Crippen LogP) is 4.71. The summed E-state index contributed by atoms with van der Waals surface area (Å²) >= 11 is 5.44. The Labute approximate surface area is 126 Å². The Morgan fingerprint density at radius 1 is 1.21 bits per heavy atom. The Kier molecular flexibility index (Phi) is 3.92. The third-order valence-corrected chi connectivity index (χ3v) is 7.94. The van der Waals surface area contributed by atoms with E-state index in [1.165, 1.54) is 5.39 Å². The largest absolute Gasteiger partial charge is 0.293 e. The molecular weight excluding hydrogens is 292 g/mol. The van der Waals surface area contributed by atoms with Gasteiger partial charge in [-0.15, -0.1) is 23.1 Å². The summed E-state index contributed by atoms with van der Waals surface area (Å²) in [6.45, 7) is 4.48. The van der Waals surface area contributed by atoms with Crippen LogP contribution < -0.4 is 0 Å². The lowest BCUT2D eigenvalue weighted by molar-refractivity contribution is 0.0996. The van der Waals surface area contributed by atoms with Crippen molar-refractivity contribution in [2.24, 2.45) is 0 Å². The normalized spacial score (nSPS) is 27.6. The van der Waals surface area contributed by atoms with Crippen LogP contribution in [0.15, 0.2) is 29.6 Å². The molecule has 1 aliphatic rings. The van der Waals surface area contributed by atoms with Gasteiger partial charge in [-0.2, -0.15) is 11.8 Å². The first-order chi connectivity index (χ1) is 9.16. The third kappa shape index (κ3) is 2.58. The molecule has 1 saturated heterocycles. The van der Waals surface area contributed by atoms with E-state index in [-0.39, 0.29) is 5.25 Å². The van der Waals surface area contributed by atoms with E-state index in [1.54, 1.807) is 11.3 Å². The van der Waals surface area contributed by atoms with Crippen molar-refractivity contribution in [2.45, 2.75) is 29.6 Å². The number of benzene rings is 1. The second-order valence-corrected chi connectivity index (χ2v) is 8.79. The number of thioether (sulfide) groups is 2. The maximum absolute atomic E-state index is 12.7. The maximum atomic E-state index is 12.7. The van der Waals surface area contributed by atoms with E-state index in [2.05, 4.69) is 31.4 Å². The van der Waals surface area contributed by atoms with Gasteiger partial charge in [-0.05, 0) is 22.9 Å². The smallest absolute Gasteiger partial charge is 0.178 e. The van der Waals surface area contributed by atoms with E-state index in [0.29, 0.717) is 16.3 Å². The van der Waals surface area contributed by atoms with Crippen molar-refractivity contribution in [1.82, 2.24) is 0 Å². The van der Waals surface area contributed by atoms with Gasteiger partial charge in [0.25, 0.3) is 0 Å². The SMILES string of the molecule is CC1SCC(C(=O)c2cccc3ccsc23)SC1C. The molecular formula is C15H16OS3. The van der Waals surface area contributed by atoms with E-state index < -0.39 is 0 Å². The molecule has 3 unspecified atom stereocenters. The zero-order valence-electron chi connectivity index (χ0n) is 11.0. The van der Waals surface area contributed by atoms with Crippen molar-refractivity contribution in [2.75, 3.05) is 5.75 Å². The molecule has 1 aromatic carbocycles. The van der Waals surface area contributed by atoms with Crippen LogP contribution in [0.5, 0.6) is 0 Å². The molecule has 3 atom stereocenters. The zero-order valence-corrected chi connectivity index (χ0v) is 13.4. The molecule has 0 aliphatic carbocycles. The fourth-order valence-electron chi connectivity index (χ4n) is 2.28. The maximum Gasteiger partial charge on any atom is 0.178 e. The number of hydrogen-bond donors (Lipinski definition) is 0. The van der Waals surface area contributed by atoms with Gasteiger partial charge < -0.3 is 0 Å². The fraction of sp³-hybridized carbons (Fsp3) is 0.400. The highest BCUT2D eigenvalue weighted by Gasteiger charge is 2.31. The predicted molar refractivity (Wildman–Crippen MR) is 88.9 cm³/mol. The van der Waals surface area contributed by atoms with Crippen LogP contribution in [0.3, 0.4) is 0 Å². The van der Waals surface area contributed by atoms with Gasteiger partial charge in [0.05, 0.1) is 5.25 Å². The van der Waals surface area contributed by atoms with Crippen LogP contribution in [0, 0.1) is 0 Å². The van der Waals surface area contributed by atoms with E-state index in [4.69, 9.17) is 0 Å². The molecule has 19 heavy (non-hydrogen) atoms. The van der Waals surface area contributed by atoms with Crippen LogP contribution in [0.1, 0.15) is 24.2 Å². The van der Waals surface area contributed by atoms with Crippen molar-refractivity contribution in [3.63, 3.8) is 0 Å². The minimum absolute atomic E-state index is 0.115. The average molecular weight is 308 g/mol. The average Bonchev–Trinajstić information content (AvgIpc) is 2.89. The van der Waals surface area contributed by atoms with E-state index in [1.807, 2.05) is 35.7 Å². The summed E-state index contributed by atoms with van der Waals surface area (Å²) in [7, 11) is 0. The molecule has 100 valence electrons. The van der Waals surface area contributed by atoms with Crippen LogP contribution in [0.2, 0.25) is 0 Å². The quantitative estimate of drug-likeness (QED) is 0.748. The Bertz CT molecular complexity index is 604. The lowest BCUT2D eigenvalue weighted by atomic mass is 10.1. The summed E-state index contributed by atoms with van der Waals surface area (Å²) in [5.41, 5.74) is 0.910. The summed E-state index contributed by atoms with van der Waals surface area (Å²) in [4.78, 5) is 12.7. The Morgan fingerprint density at radius 3 is 2.84 bits per heavy atom. The molecule has 1 aromatic heterocycles. The first-order valence-electron chi connectivity index (χ1n) is 6.44. The highest BCUT2D eigenvalue weighted by atomic mass is 32.2. The van der Waals surface area contributed by atoms with Crippen LogP contribution in [0.25, 0.3) is 10.1 Å². The molecule has 1 aliphatic heterocycles. The first kappa shape index (κ1) is 13.5. The lowest BCUT2D eigenvalue weighted by Crippen LogP contribution is -2.31. The van der Waals surface area contributed by atoms with Gasteiger partial charge in [0, 0.05) is 26.5 Å². The van der Waals surface area contributed by atoms with Crippen molar-refractivity contribution in [3.8, 4) is 0 Å². The van der Waals surface area contributed by atoms with Crippen LogP contribution in [-0.4, -0.2) is 27.3 Å². The molecule has 3 rings (SSSR count). The second kappa shape index (κ2) is 5.51. The number of Topliss-reactive ketones (excluding diaryl/α,β-unsaturated/α-hetero) is 1. The number of rotatable bonds is 2. The highest BCUT2D eigenvalue weighted by molar-refractivity contribution is 8.08. The Morgan fingerprint density at radius 2 is 2.05 bits per heavy atom. The molecule has 0 radical (unpaired) electrons. The van der Waals surface area contributed by atoms with Gasteiger partial charge in [0.1, 0.15) is 0 Å².